The molecule has 1 aliphatic carbocycles. The first-order chi connectivity index (χ1) is 21.3. The van der Waals surface area contributed by atoms with Crippen LogP contribution in [-0.4, -0.2) is 52.0 Å². The van der Waals surface area contributed by atoms with Gasteiger partial charge in [-0.05, 0) is 87.4 Å². The van der Waals surface area contributed by atoms with Gasteiger partial charge in [-0.3, -0.25) is 14.2 Å². The normalized spacial score (nSPS) is 12.4. The van der Waals surface area contributed by atoms with Gasteiger partial charge in [0.25, 0.3) is 5.91 Å². The number of rotatable bonds is 11. The maximum absolute atomic E-state index is 13.2. The fourth-order valence-corrected chi connectivity index (χ4v) is 7.18. The predicted octanol–water partition coefficient (Wildman–Crippen LogP) is 5.67. The van der Waals surface area contributed by atoms with E-state index in [1.54, 1.807) is 38.3 Å². The van der Waals surface area contributed by atoms with Crippen molar-refractivity contribution in [2.45, 2.75) is 58.2 Å². The van der Waals surface area contributed by atoms with E-state index >= 15 is 0 Å². The summed E-state index contributed by atoms with van der Waals surface area (Å²) in [6.45, 7) is 6.20. The Balaban J connectivity index is 1.36. The SMILES string of the molecule is CCOC(=O)c1c(NC(=O)CSc2nnc(CNC(=O)c3cccc(OC)c3)n2-c2cccc(C)c2C)sc2c1CCCC2. The third kappa shape index (κ3) is 6.81. The summed E-state index contributed by atoms with van der Waals surface area (Å²) < 4.78 is 12.4. The highest BCUT2D eigenvalue weighted by Gasteiger charge is 2.27. The number of nitrogens with one attached hydrogen (secondary N) is 2. The molecule has 44 heavy (non-hydrogen) atoms. The van der Waals surface area contributed by atoms with Crippen molar-refractivity contribution in [1.29, 1.82) is 0 Å². The van der Waals surface area contributed by atoms with Crippen LogP contribution >= 0.6 is 23.1 Å². The van der Waals surface area contributed by atoms with E-state index in [2.05, 4.69) is 20.8 Å². The van der Waals surface area contributed by atoms with Crippen LogP contribution in [0.25, 0.3) is 5.69 Å². The number of anilines is 1. The summed E-state index contributed by atoms with van der Waals surface area (Å²) in [6, 6.07) is 12.9. The van der Waals surface area contributed by atoms with Crippen LogP contribution in [0.5, 0.6) is 5.75 Å². The Hall–Kier alpha value is -4.16. The summed E-state index contributed by atoms with van der Waals surface area (Å²) in [5.41, 5.74) is 4.92. The third-order valence-corrected chi connectivity index (χ3v) is 9.63. The minimum atomic E-state index is -0.398. The van der Waals surface area contributed by atoms with Gasteiger partial charge in [0.15, 0.2) is 11.0 Å². The zero-order valence-corrected chi connectivity index (χ0v) is 26.8. The fraction of sp³-hybridized carbons (Fsp3) is 0.344. The molecule has 12 heteroatoms. The molecule has 0 saturated heterocycles. The summed E-state index contributed by atoms with van der Waals surface area (Å²) in [6.07, 6.45) is 3.78. The zero-order valence-electron chi connectivity index (χ0n) is 25.2. The first kappa shape index (κ1) is 31.3. The van der Waals surface area contributed by atoms with Crippen molar-refractivity contribution in [3.63, 3.8) is 0 Å². The van der Waals surface area contributed by atoms with Gasteiger partial charge in [-0.2, -0.15) is 0 Å². The second-order valence-corrected chi connectivity index (χ2v) is 12.4. The summed E-state index contributed by atoms with van der Waals surface area (Å²) in [7, 11) is 1.55. The molecule has 0 fully saturated rings. The number of benzene rings is 2. The quantitative estimate of drug-likeness (QED) is 0.160. The minimum absolute atomic E-state index is 0.0456. The number of aromatic nitrogens is 3. The molecule has 0 bridgehead atoms. The molecule has 0 aliphatic heterocycles. The molecule has 2 amide bonds. The van der Waals surface area contributed by atoms with Gasteiger partial charge in [-0.1, -0.05) is 30.0 Å². The predicted molar refractivity (Wildman–Crippen MR) is 171 cm³/mol. The Labute approximate surface area is 264 Å². The Morgan fingerprint density at radius 1 is 1.07 bits per heavy atom. The maximum atomic E-state index is 13.2. The van der Waals surface area contributed by atoms with E-state index in [0.717, 1.165) is 52.9 Å². The number of carbonyl (C=O) groups is 3. The average molecular weight is 634 g/mol. The molecule has 0 spiro atoms. The topological polar surface area (TPSA) is 124 Å². The molecule has 4 aromatic rings. The number of amides is 2. The number of thiophene rings is 1. The van der Waals surface area contributed by atoms with Crippen molar-refractivity contribution in [2.75, 3.05) is 24.8 Å². The molecule has 2 aromatic carbocycles. The van der Waals surface area contributed by atoms with Gasteiger partial charge in [0.1, 0.15) is 10.8 Å². The van der Waals surface area contributed by atoms with E-state index in [-0.39, 0.29) is 30.7 Å². The number of carbonyl (C=O) groups excluding carboxylic acids is 3. The minimum Gasteiger partial charge on any atom is -0.497 e. The largest absolute Gasteiger partial charge is 0.497 e. The number of fused-ring (bicyclic) bond motifs is 1. The molecule has 5 rings (SSSR count). The van der Waals surface area contributed by atoms with Gasteiger partial charge in [0.05, 0.1) is 37.3 Å². The van der Waals surface area contributed by atoms with Crippen LogP contribution in [0.15, 0.2) is 47.6 Å². The standard InChI is InChI=1S/C32H35N5O5S2/c1-5-42-31(40)28-23-13-6-7-15-25(23)44-30(28)34-27(38)18-43-32-36-35-26(37(32)24-14-8-10-19(2)20(24)3)17-33-29(39)21-11-9-12-22(16-21)41-4/h8-12,14,16H,5-7,13,15,17-18H2,1-4H3,(H,33,39)(H,34,38). The van der Waals surface area contributed by atoms with Gasteiger partial charge in [0.2, 0.25) is 5.91 Å². The number of hydrogen-bond acceptors (Lipinski definition) is 9. The van der Waals surface area contributed by atoms with Crippen LogP contribution in [0.2, 0.25) is 0 Å². The van der Waals surface area contributed by atoms with E-state index < -0.39 is 5.97 Å². The summed E-state index contributed by atoms with van der Waals surface area (Å²) >= 11 is 2.70. The summed E-state index contributed by atoms with van der Waals surface area (Å²) in [4.78, 5) is 40.1. The smallest absolute Gasteiger partial charge is 0.341 e. The van der Waals surface area contributed by atoms with Gasteiger partial charge >= 0.3 is 5.97 Å². The second-order valence-electron chi connectivity index (χ2n) is 10.3. The lowest BCUT2D eigenvalue weighted by Crippen LogP contribution is -2.25. The molecule has 0 radical (unpaired) electrons. The Kier molecular flexibility index (Phi) is 10.0. The van der Waals surface area contributed by atoms with Gasteiger partial charge in [-0.25, -0.2) is 4.79 Å². The first-order valence-electron chi connectivity index (χ1n) is 14.5. The highest BCUT2D eigenvalue weighted by molar-refractivity contribution is 7.99. The number of methoxy groups -OCH3 is 1. The fourth-order valence-electron chi connectivity index (χ4n) is 5.12. The molecular formula is C32H35N5O5S2. The van der Waals surface area contributed by atoms with Crippen molar-refractivity contribution < 1.29 is 23.9 Å². The number of thioether (sulfide) groups is 1. The van der Waals surface area contributed by atoms with Gasteiger partial charge in [0, 0.05) is 10.4 Å². The molecule has 2 N–H and O–H groups in total. The van der Waals surface area contributed by atoms with E-state index in [0.29, 0.717) is 32.9 Å². The monoisotopic (exact) mass is 633 g/mol. The van der Waals surface area contributed by atoms with E-state index in [4.69, 9.17) is 9.47 Å². The Bertz CT molecular complexity index is 1700. The zero-order chi connectivity index (χ0) is 31.2. The number of nitrogens with zero attached hydrogens (tertiary/aromatic N) is 3. The number of ether oxygens (including phenoxy) is 2. The lowest BCUT2D eigenvalue weighted by Gasteiger charge is -2.15. The molecule has 10 nitrogen and oxygen atoms in total. The lowest BCUT2D eigenvalue weighted by molar-refractivity contribution is -0.113. The van der Waals surface area contributed by atoms with Crippen molar-refractivity contribution in [2.24, 2.45) is 0 Å². The molecule has 0 saturated carbocycles. The van der Waals surface area contributed by atoms with Gasteiger partial charge in [-0.15, -0.1) is 21.5 Å². The molecule has 2 heterocycles. The molecule has 2 aromatic heterocycles. The van der Waals surface area contributed by atoms with Crippen LogP contribution in [-0.2, 0) is 28.9 Å². The van der Waals surface area contributed by atoms with Crippen LogP contribution in [0.3, 0.4) is 0 Å². The Morgan fingerprint density at radius 3 is 2.66 bits per heavy atom. The highest BCUT2D eigenvalue weighted by atomic mass is 32.2. The number of aryl methyl sites for hydroxylation is 2. The number of hydrogen-bond donors (Lipinski definition) is 2. The van der Waals surface area contributed by atoms with Crippen LogP contribution in [0.4, 0.5) is 5.00 Å². The van der Waals surface area contributed by atoms with Gasteiger partial charge < -0.3 is 20.1 Å². The summed E-state index contributed by atoms with van der Waals surface area (Å²) in [5, 5.41) is 15.7. The molecule has 0 unspecified atom stereocenters. The molecule has 1 aliphatic rings. The van der Waals surface area contributed by atoms with Crippen molar-refractivity contribution in [1.82, 2.24) is 20.1 Å². The first-order valence-corrected chi connectivity index (χ1v) is 16.3. The maximum Gasteiger partial charge on any atom is 0.341 e. The average Bonchev–Trinajstić information content (AvgIpc) is 3.60. The lowest BCUT2D eigenvalue weighted by atomic mass is 9.95. The number of esters is 1. The molecular weight excluding hydrogens is 599 g/mol. The third-order valence-electron chi connectivity index (χ3n) is 7.49. The van der Waals surface area contributed by atoms with E-state index in [9.17, 15) is 14.4 Å². The van der Waals surface area contributed by atoms with Crippen LogP contribution in [0.1, 0.15) is 67.9 Å². The van der Waals surface area contributed by atoms with Crippen LogP contribution in [0, 0.1) is 13.8 Å². The van der Waals surface area contributed by atoms with Crippen molar-refractivity contribution in [3.8, 4) is 11.4 Å². The Morgan fingerprint density at radius 2 is 1.86 bits per heavy atom. The molecule has 0 atom stereocenters. The second kappa shape index (κ2) is 14.1. The van der Waals surface area contributed by atoms with E-state index in [1.165, 1.54) is 23.1 Å². The summed E-state index contributed by atoms with van der Waals surface area (Å²) in [5.74, 6) is 0.222. The highest BCUT2D eigenvalue weighted by Crippen LogP contribution is 2.39. The van der Waals surface area contributed by atoms with Crippen LogP contribution < -0.4 is 15.4 Å². The van der Waals surface area contributed by atoms with Crippen molar-refractivity contribution >= 4 is 45.9 Å². The van der Waals surface area contributed by atoms with E-state index in [1.807, 2.05) is 36.6 Å². The van der Waals surface area contributed by atoms with Crippen molar-refractivity contribution in [3.05, 3.63) is 81.0 Å². The molecule has 230 valence electrons.